The van der Waals surface area contributed by atoms with Crippen molar-refractivity contribution in [2.45, 2.75) is 25.3 Å². The van der Waals surface area contributed by atoms with E-state index in [9.17, 15) is 0 Å². The van der Waals surface area contributed by atoms with Gasteiger partial charge in [-0.1, -0.05) is 0 Å². The molecule has 0 heterocycles. The Bertz CT molecular complexity index is 529. The van der Waals surface area contributed by atoms with Gasteiger partial charge in [0.15, 0.2) is 0 Å². The molecule has 0 aliphatic heterocycles. The van der Waals surface area contributed by atoms with Gasteiger partial charge in [-0.15, -0.1) is 0 Å². The Kier molecular flexibility index (Phi) is 1.94. The van der Waals surface area contributed by atoms with Gasteiger partial charge in [0.25, 0.3) is 0 Å². The zero-order chi connectivity index (χ0) is 12.3. The van der Waals surface area contributed by atoms with Crippen LogP contribution >= 0.6 is 0 Å². The van der Waals surface area contributed by atoms with Crippen molar-refractivity contribution in [3.63, 3.8) is 0 Å². The number of rotatable bonds is 2. The summed E-state index contributed by atoms with van der Waals surface area (Å²) in [6.45, 7) is 0. The maximum Gasteiger partial charge on any atom is 0.101 e. The monoisotopic (exact) mass is 239 g/mol. The minimum atomic E-state index is 0.569. The van der Waals surface area contributed by atoms with Crippen LogP contribution in [0, 0.1) is 35.0 Å². The van der Waals surface area contributed by atoms with E-state index in [1.54, 1.807) is 0 Å². The van der Waals surface area contributed by atoms with E-state index in [0.717, 1.165) is 29.4 Å². The summed E-state index contributed by atoms with van der Waals surface area (Å²) in [5.41, 5.74) is 7.94. The first-order valence-corrected chi connectivity index (χ1v) is 6.84. The standard InChI is InChI=1S/C15H17N3/c16-7-10-6-11(3-4-12(10)17)18-15-13-8-1-2-9(5-8)14(13)15/h3-4,6,8-9,13-15,18H,1-2,5,17H2. The quantitative estimate of drug-likeness (QED) is 0.780. The molecule has 3 nitrogen and oxygen atoms in total. The molecule has 2 bridgehead atoms. The first-order valence-electron chi connectivity index (χ1n) is 6.84. The van der Waals surface area contributed by atoms with Crippen LogP contribution in [-0.2, 0) is 0 Å². The summed E-state index contributed by atoms with van der Waals surface area (Å²) >= 11 is 0. The number of hydrogen-bond acceptors (Lipinski definition) is 3. The number of fused-ring (bicyclic) bond motifs is 5. The van der Waals surface area contributed by atoms with Crippen LogP contribution in [0.2, 0.25) is 0 Å². The fraction of sp³-hybridized carbons (Fsp3) is 0.533. The average Bonchev–Trinajstić information content (AvgIpc) is 2.78. The third kappa shape index (κ3) is 1.29. The van der Waals surface area contributed by atoms with E-state index >= 15 is 0 Å². The van der Waals surface area contributed by atoms with Gasteiger partial charge in [0.2, 0.25) is 0 Å². The molecular weight excluding hydrogens is 222 g/mol. The van der Waals surface area contributed by atoms with Gasteiger partial charge >= 0.3 is 0 Å². The second-order valence-electron chi connectivity index (χ2n) is 6.07. The molecule has 3 fully saturated rings. The molecule has 3 saturated carbocycles. The lowest BCUT2D eigenvalue weighted by Gasteiger charge is -2.12. The highest BCUT2D eigenvalue weighted by molar-refractivity contribution is 5.62. The van der Waals surface area contributed by atoms with Gasteiger partial charge in [0, 0.05) is 17.4 Å². The summed E-state index contributed by atoms with van der Waals surface area (Å²) in [7, 11) is 0. The first kappa shape index (κ1) is 10.3. The molecule has 3 aliphatic rings. The number of benzene rings is 1. The third-order valence-electron chi connectivity index (χ3n) is 5.24. The SMILES string of the molecule is N#Cc1cc(NC2C3C4CCC(C4)C23)ccc1N. The minimum Gasteiger partial charge on any atom is -0.398 e. The van der Waals surface area contributed by atoms with Crippen LogP contribution in [0.4, 0.5) is 11.4 Å². The molecule has 3 N–H and O–H groups in total. The van der Waals surface area contributed by atoms with Crippen molar-refractivity contribution in [1.29, 1.82) is 5.26 Å². The lowest BCUT2D eigenvalue weighted by atomic mass is 10.0. The van der Waals surface area contributed by atoms with Crippen molar-refractivity contribution in [2.75, 3.05) is 11.1 Å². The number of hydrogen-bond donors (Lipinski definition) is 2. The molecule has 0 radical (unpaired) electrons. The Hall–Kier alpha value is -1.69. The fourth-order valence-corrected chi connectivity index (χ4v) is 4.45. The van der Waals surface area contributed by atoms with Crippen LogP contribution in [0.3, 0.4) is 0 Å². The van der Waals surface area contributed by atoms with E-state index in [1.807, 2.05) is 18.2 Å². The number of anilines is 2. The minimum absolute atomic E-state index is 0.569. The Morgan fingerprint density at radius 3 is 2.61 bits per heavy atom. The zero-order valence-electron chi connectivity index (χ0n) is 10.3. The molecule has 3 aliphatic carbocycles. The second-order valence-corrected chi connectivity index (χ2v) is 6.07. The van der Waals surface area contributed by atoms with Gasteiger partial charge < -0.3 is 11.1 Å². The maximum atomic E-state index is 8.99. The van der Waals surface area contributed by atoms with Gasteiger partial charge in [0.05, 0.1) is 5.56 Å². The molecule has 0 aromatic heterocycles. The Balaban J connectivity index is 1.52. The van der Waals surface area contributed by atoms with Crippen molar-refractivity contribution in [3.8, 4) is 6.07 Å². The highest BCUT2D eigenvalue weighted by Gasteiger charge is 2.64. The molecule has 0 spiro atoms. The summed E-state index contributed by atoms with van der Waals surface area (Å²) in [4.78, 5) is 0. The van der Waals surface area contributed by atoms with E-state index < -0.39 is 0 Å². The molecule has 4 unspecified atom stereocenters. The largest absolute Gasteiger partial charge is 0.398 e. The molecule has 4 atom stereocenters. The zero-order valence-corrected chi connectivity index (χ0v) is 10.3. The first-order chi connectivity index (χ1) is 8.78. The van der Waals surface area contributed by atoms with Crippen molar-refractivity contribution in [2.24, 2.45) is 23.7 Å². The van der Waals surface area contributed by atoms with Crippen LogP contribution < -0.4 is 11.1 Å². The smallest absolute Gasteiger partial charge is 0.101 e. The van der Waals surface area contributed by atoms with Gasteiger partial charge in [-0.05, 0) is 61.1 Å². The number of nitrogens with two attached hydrogens (primary N) is 1. The Morgan fingerprint density at radius 2 is 1.94 bits per heavy atom. The number of nitrogen functional groups attached to an aromatic ring is 1. The predicted molar refractivity (Wildman–Crippen MR) is 70.8 cm³/mol. The van der Waals surface area contributed by atoms with E-state index in [0.29, 0.717) is 17.3 Å². The highest BCUT2D eigenvalue weighted by atomic mass is 15.0. The van der Waals surface area contributed by atoms with E-state index in [1.165, 1.54) is 19.3 Å². The fourth-order valence-electron chi connectivity index (χ4n) is 4.45. The van der Waals surface area contributed by atoms with Gasteiger partial charge in [-0.2, -0.15) is 5.26 Å². The summed E-state index contributed by atoms with van der Waals surface area (Å²) in [5, 5.41) is 12.6. The molecule has 92 valence electrons. The highest BCUT2D eigenvalue weighted by Crippen LogP contribution is 2.66. The molecule has 3 heteroatoms. The Labute approximate surface area is 107 Å². The van der Waals surface area contributed by atoms with Gasteiger partial charge in [0.1, 0.15) is 6.07 Å². The number of nitrogens with zero attached hydrogens (tertiary/aromatic N) is 1. The topological polar surface area (TPSA) is 61.8 Å². The molecule has 1 aromatic carbocycles. The van der Waals surface area contributed by atoms with Crippen LogP contribution in [0.25, 0.3) is 0 Å². The Morgan fingerprint density at radius 1 is 1.22 bits per heavy atom. The predicted octanol–water partition coefficient (Wildman–Crippen LogP) is 2.60. The van der Waals surface area contributed by atoms with Gasteiger partial charge in [-0.3, -0.25) is 0 Å². The number of nitriles is 1. The van der Waals surface area contributed by atoms with E-state index in [2.05, 4.69) is 11.4 Å². The normalized spacial score (nSPS) is 39.2. The van der Waals surface area contributed by atoms with Crippen LogP contribution in [0.1, 0.15) is 24.8 Å². The average molecular weight is 239 g/mol. The van der Waals surface area contributed by atoms with Crippen molar-refractivity contribution >= 4 is 11.4 Å². The molecule has 18 heavy (non-hydrogen) atoms. The van der Waals surface area contributed by atoms with Crippen molar-refractivity contribution < 1.29 is 0 Å². The van der Waals surface area contributed by atoms with Crippen LogP contribution in [0.15, 0.2) is 18.2 Å². The third-order valence-corrected chi connectivity index (χ3v) is 5.24. The molecule has 4 rings (SSSR count). The summed E-state index contributed by atoms with van der Waals surface area (Å²) in [6.07, 6.45) is 4.35. The molecule has 0 saturated heterocycles. The maximum absolute atomic E-state index is 8.99. The van der Waals surface area contributed by atoms with Crippen LogP contribution in [0.5, 0.6) is 0 Å². The van der Waals surface area contributed by atoms with Crippen molar-refractivity contribution in [1.82, 2.24) is 0 Å². The second kappa shape index (κ2) is 3.41. The molecular formula is C15H17N3. The summed E-state index contributed by atoms with van der Waals surface area (Å²) < 4.78 is 0. The summed E-state index contributed by atoms with van der Waals surface area (Å²) in [5.74, 6) is 3.77. The molecule has 1 aromatic rings. The van der Waals surface area contributed by atoms with E-state index in [-0.39, 0.29) is 0 Å². The lowest BCUT2D eigenvalue weighted by molar-refractivity contribution is 0.456. The lowest BCUT2D eigenvalue weighted by Crippen LogP contribution is -2.12. The summed E-state index contributed by atoms with van der Waals surface area (Å²) in [6, 6.07) is 8.50. The van der Waals surface area contributed by atoms with Gasteiger partial charge in [-0.25, -0.2) is 0 Å². The van der Waals surface area contributed by atoms with Crippen LogP contribution in [-0.4, -0.2) is 6.04 Å². The number of nitrogens with one attached hydrogen (secondary N) is 1. The molecule has 0 amide bonds. The van der Waals surface area contributed by atoms with Crippen molar-refractivity contribution in [3.05, 3.63) is 23.8 Å². The van der Waals surface area contributed by atoms with E-state index in [4.69, 9.17) is 11.0 Å².